The Morgan fingerprint density at radius 1 is 0.800 bits per heavy atom. The van der Waals surface area contributed by atoms with Gasteiger partial charge in [0.15, 0.2) is 0 Å². The first kappa shape index (κ1) is 17.7. The number of nitrogens with zero attached hydrogens (tertiary/aromatic N) is 1. The second-order valence-corrected chi connectivity index (χ2v) is 9.55. The van der Waals surface area contributed by atoms with E-state index in [-0.39, 0.29) is 9.79 Å². The molecule has 0 spiro atoms. The molecule has 0 saturated heterocycles. The molecular formula is C16H13BrN2O4S2. The van der Waals surface area contributed by atoms with E-state index in [0.717, 1.165) is 14.6 Å². The third kappa shape index (κ3) is 3.78. The molecule has 2 aromatic carbocycles. The highest BCUT2D eigenvalue weighted by molar-refractivity contribution is 9.10. The van der Waals surface area contributed by atoms with Crippen LogP contribution in [0.3, 0.4) is 0 Å². The number of rotatable bonds is 5. The van der Waals surface area contributed by atoms with Crippen molar-refractivity contribution >= 4 is 41.7 Å². The van der Waals surface area contributed by atoms with Crippen molar-refractivity contribution in [3.8, 4) is 0 Å². The van der Waals surface area contributed by atoms with Gasteiger partial charge in [0.25, 0.3) is 20.0 Å². The largest absolute Gasteiger partial charge is 0.280 e. The van der Waals surface area contributed by atoms with Crippen LogP contribution >= 0.6 is 15.9 Å². The van der Waals surface area contributed by atoms with Gasteiger partial charge in [-0.25, -0.2) is 20.8 Å². The van der Waals surface area contributed by atoms with E-state index in [2.05, 4.69) is 20.7 Å². The van der Waals surface area contributed by atoms with Crippen molar-refractivity contribution in [2.75, 3.05) is 4.72 Å². The lowest BCUT2D eigenvalue weighted by molar-refractivity contribution is 0.587. The van der Waals surface area contributed by atoms with Crippen molar-refractivity contribution in [1.29, 1.82) is 0 Å². The summed E-state index contributed by atoms with van der Waals surface area (Å²) in [5, 5.41) is 0. The Bertz CT molecular complexity index is 1090. The zero-order valence-electron chi connectivity index (χ0n) is 12.7. The highest BCUT2D eigenvalue weighted by Crippen LogP contribution is 2.21. The van der Waals surface area contributed by atoms with E-state index >= 15 is 0 Å². The third-order valence-electron chi connectivity index (χ3n) is 3.37. The van der Waals surface area contributed by atoms with Crippen LogP contribution in [0.2, 0.25) is 0 Å². The van der Waals surface area contributed by atoms with Gasteiger partial charge in [0.1, 0.15) is 4.90 Å². The summed E-state index contributed by atoms with van der Waals surface area (Å²) >= 11 is 3.27. The standard InChI is InChI=1S/C16H13BrN2O4S2/c17-13-6-8-14(9-7-13)18-24(20,21)16-10-11-19(12-16)25(22,23)15-4-2-1-3-5-15/h1-12,18H. The van der Waals surface area contributed by atoms with Crippen molar-refractivity contribution in [1.82, 2.24) is 3.97 Å². The van der Waals surface area contributed by atoms with Gasteiger partial charge in [-0.15, -0.1) is 0 Å². The normalized spacial score (nSPS) is 12.0. The first-order valence-electron chi connectivity index (χ1n) is 7.06. The van der Waals surface area contributed by atoms with Crippen LogP contribution in [0.1, 0.15) is 0 Å². The molecule has 0 aliphatic rings. The topological polar surface area (TPSA) is 85.2 Å². The first-order chi connectivity index (χ1) is 11.8. The summed E-state index contributed by atoms with van der Waals surface area (Å²) in [6.45, 7) is 0. The molecular weight excluding hydrogens is 428 g/mol. The van der Waals surface area contributed by atoms with Crippen molar-refractivity contribution < 1.29 is 16.8 Å². The van der Waals surface area contributed by atoms with Gasteiger partial charge in [-0.3, -0.25) is 4.72 Å². The van der Waals surface area contributed by atoms with Crippen LogP contribution in [0.15, 0.2) is 87.3 Å². The van der Waals surface area contributed by atoms with Gasteiger partial charge in [0.05, 0.1) is 4.90 Å². The lowest BCUT2D eigenvalue weighted by atomic mass is 10.3. The summed E-state index contributed by atoms with van der Waals surface area (Å²) in [6.07, 6.45) is 2.28. The van der Waals surface area contributed by atoms with Crippen molar-refractivity contribution in [3.05, 3.63) is 77.5 Å². The smallest absolute Gasteiger partial charge is 0.267 e. The summed E-state index contributed by atoms with van der Waals surface area (Å²) in [5.74, 6) is 0. The van der Waals surface area contributed by atoms with Crippen LogP contribution in [0, 0.1) is 0 Å². The molecule has 3 rings (SSSR count). The van der Waals surface area contributed by atoms with Gasteiger partial charge in [-0.1, -0.05) is 34.1 Å². The number of benzene rings is 2. The zero-order chi connectivity index (χ0) is 18.1. The maximum atomic E-state index is 12.5. The SMILES string of the molecule is O=S(=O)(Nc1ccc(Br)cc1)c1ccn(S(=O)(=O)c2ccccc2)c1. The van der Waals surface area contributed by atoms with Gasteiger partial charge in [-0.2, -0.15) is 0 Å². The highest BCUT2D eigenvalue weighted by Gasteiger charge is 2.21. The molecule has 9 heteroatoms. The molecule has 0 aliphatic heterocycles. The second-order valence-electron chi connectivity index (χ2n) is 5.11. The Kier molecular flexibility index (Phi) is 4.72. The molecule has 1 heterocycles. The highest BCUT2D eigenvalue weighted by atomic mass is 79.9. The lowest BCUT2D eigenvalue weighted by Gasteiger charge is -2.07. The number of halogens is 1. The number of anilines is 1. The molecule has 0 unspecified atom stereocenters. The van der Waals surface area contributed by atoms with Crippen molar-refractivity contribution in [2.24, 2.45) is 0 Å². The molecule has 1 aromatic heterocycles. The summed E-state index contributed by atoms with van der Waals surface area (Å²) in [5.41, 5.74) is 0.377. The average molecular weight is 441 g/mol. The van der Waals surface area contributed by atoms with E-state index < -0.39 is 20.0 Å². The van der Waals surface area contributed by atoms with Gasteiger partial charge in [0, 0.05) is 22.6 Å². The van der Waals surface area contributed by atoms with Crippen LogP contribution in [0.5, 0.6) is 0 Å². The molecule has 25 heavy (non-hydrogen) atoms. The Balaban J connectivity index is 1.91. The summed E-state index contributed by atoms with van der Waals surface area (Å²) in [4.78, 5) is -0.0645. The molecule has 0 radical (unpaired) electrons. The van der Waals surface area contributed by atoms with Gasteiger partial charge in [0.2, 0.25) is 0 Å². The quantitative estimate of drug-likeness (QED) is 0.659. The second kappa shape index (κ2) is 6.66. The summed E-state index contributed by atoms with van der Waals surface area (Å²) < 4.78 is 54.0. The number of nitrogens with one attached hydrogen (secondary N) is 1. The summed E-state index contributed by atoms with van der Waals surface area (Å²) in [7, 11) is -7.74. The van der Waals surface area contributed by atoms with Crippen LogP contribution in [-0.2, 0) is 20.0 Å². The van der Waals surface area contributed by atoms with Gasteiger partial charge in [-0.05, 0) is 42.5 Å². The van der Waals surface area contributed by atoms with Crippen molar-refractivity contribution in [3.63, 3.8) is 0 Å². The summed E-state index contributed by atoms with van der Waals surface area (Å²) in [6, 6.07) is 15.6. The maximum absolute atomic E-state index is 12.5. The fraction of sp³-hybridized carbons (Fsp3) is 0. The van der Waals surface area contributed by atoms with Gasteiger partial charge >= 0.3 is 0 Å². The van der Waals surface area contributed by atoms with E-state index in [1.807, 2.05) is 0 Å². The molecule has 1 N–H and O–H groups in total. The minimum atomic E-state index is -3.90. The Labute approximate surface area is 154 Å². The Morgan fingerprint density at radius 3 is 2.08 bits per heavy atom. The van der Waals surface area contributed by atoms with Crippen LogP contribution < -0.4 is 4.72 Å². The molecule has 6 nitrogen and oxygen atoms in total. The molecule has 0 saturated carbocycles. The van der Waals surface area contributed by atoms with E-state index in [1.54, 1.807) is 42.5 Å². The molecule has 3 aromatic rings. The minimum Gasteiger partial charge on any atom is -0.280 e. The monoisotopic (exact) mass is 440 g/mol. The minimum absolute atomic E-state index is 0.0791. The van der Waals surface area contributed by atoms with Crippen molar-refractivity contribution in [2.45, 2.75) is 9.79 Å². The van der Waals surface area contributed by atoms with E-state index in [4.69, 9.17) is 0 Å². The lowest BCUT2D eigenvalue weighted by Crippen LogP contribution is -2.14. The van der Waals surface area contributed by atoms with E-state index in [9.17, 15) is 16.8 Å². The number of hydrogen-bond donors (Lipinski definition) is 1. The third-order valence-corrected chi connectivity index (χ3v) is 6.91. The van der Waals surface area contributed by atoms with E-state index in [1.165, 1.54) is 24.4 Å². The fourth-order valence-electron chi connectivity index (χ4n) is 2.11. The van der Waals surface area contributed by atoms with E-state index in [0.29, 0.717) is 5.69 Å². The van der Waals surface area contributed by atoms with Gasteiger partial charge < -0.3 is 0 Å². The molecule has 0 atom stereocenters. The Morgan fingerprint density at radius 2 is 1.44 bits per heavy atom. The molecule has 0 amide bonds. The zero-order valence-corrected chi connectivity index (χ0v) is 15.9. The molecule has 0 fully saturated rings. The molecule has 130 valence electrons. The maximum Gasteiger partial charge on any atom is 0.267 e. The predicted molar refractivity (Wildman–Crippen MR) is 98.4 cm³/mol. The predicted octanol–water partition coefficient (Wildman–Crippen LogP) is 3.29. The van der Waals surface area contributed by atoms with Crippen LogP contribution in [-0.4, -0.2) is 20.8 Å². The molecule has 0 bridgehead atoms. The number of sulfonamides is 1. The van der Waals surface area contributed by atoms with Crippen LogP contribution in [0.25, 0.3) is 0 Å². The Hall–Kier alpha value is -2.10. The average Bonchev–Trinajstić information content (AvgIpc) is 3.09. The molecule has 0 aliphatic carbocycles. The fourth-order valence-corrected chi connectivity index (χ4v) is 4.72. The van der Waals surface area contributed by atoms with Crippen LogP contribution in [0.4, 0.5) is 5.69 Å². The first-order valence-corrected chi connectivity index (χ1v) is 10.8. The number of hydrogen-bond acceptors (Lipinski definition) is 4. The number of aromatic nitrogens is 1.